The van der Waals surface area contributed by atoms with E-state index in [1.165, 1.54) is 0 Å². The minimum absolute atomic E-state index is 0.00189. The Morgan fingerprint density at radius 1 is 1.19 bits per heavy atom. The second-order valence-electron chi connectivity index (χ2n) is 7.38. The molecule has 0 spiro atoms. The van der Waals surface area contributed by atoms with Crippen LogP contribution < -0.4 is 16.0 Å². The number of benzene rings is 2. The SMILES string of the molecule is C[N-]c1cc(C)ccc1CNc1nc(Nc2ccc3c(c2)CC(=O)N3)ncc1C(F)(F)F. The third-order valence-corrected chi connectivity index (χ3v) is 5.01. The number of aromatic nitrogens is 2. The van der Waals surface area contributed by atoms with E-state index in [0.717, 1.165) is 22.9 Å². The number of alkyl halides is 3. The summed E-state index contributed by atoms with van der Waals surface area (Å²) in [5, 5.41) is 12.6. The van der Waals surface area contributed by atoms with Gasteiger partial charge in [-0.3, -0.25) is 4.79 Å². The summed E-state index contributed by atoms with van der Waals surface area (Å²) in [5.41, 5.74) is 3.55. The van der Waals surface area contributed by atoms with E-state index >= 15 is 0 Å². The van der Waals surface area contributed by atoms with E-state index in [1.807, 2.05) is 25.1 Å². The van der Waals surface area contributed by atoms with E-state index < -0.39 is 11.7 Å². The summed E-state index contributed by atoms with van der Waals surface area (Å²) in [6.45, 7) is 2.03. The number of carbonyl (C=O) groups excluding carboxylic acids is 1. The van der Waals surface area contributed by atoms with Crippen molar-refractivity contribution in [1.82, 2.24) is 9.97 Å². The summed E-state index contributed by atoms with van der Waals surface area (Å²) < 4.78 is 40.6. The maximum atomic E-state index is 13.5. The number of anilines is 4. The summed E-state index contributed by atoms with van der Waals surface area (Å²) in [6, 6.07) is 10.7. The number of nitrogens with zero attached hydrogens (tertiary/aromatic N) is 3. The monoisotopic (exact) mass is 441 g/mol. The number of aryl methyl sites for hydroxylation is 1. The maximum absolute atomic E-state index is 13.5. The van der Waals surface area contributed by atoms with E-state index in [4.69, 9.17) is 0 Å². The third-order valence-electron chi connectivity index (χ3n) is 5.01. The van der Waals surface area contributed by atoms with Crippen LogP contribution in [-0.2, 0) is 23.9 Å². The average molecular weight is 441 g/mol. The zero-order chi connectivity index (χ0) is 22.9. The molecule has 0 aliphatic carbocycles. The van der Waals surface area contributed by atoms with Gasteiger partial charge in [-0.15, -0.1) is 12.7 Å². The van der Waals surface area contributed by atoms with Crippen LogP contribution >= 0.6 is 0 Å². The van der Waals surface area contributed by atoms with Gasteiger partial charge in [0.1, 0.15) is 11.4 Å². The van der Waals surface area contributed by atoms with Gasteiger partial charge in [-0.1, -0.05) is 23.8 Å². The Kier molecular flexibility index (Phi) is 5.60. The van der Waals surface area contributed by atoms with E-state index in [0.29, 0.717) is 17.1 Å². The topological polar surface area (TPSA) is 93.0 Å². The number of halogens is 3. The highest BCUT2D eigenvalue weighted by molar-refractivity contribution is 5.99. The number of nitrogens with one attached hydrogen (secondary N) is 3. The molecule has 1 aliphatic heterocycles. The fourth-order valence-electron chi connectivity index (χ4n) is 3.43. The van der Waals surface area contributed by atoms with Crippen molar-refractivity contribution in [2.45, 2.75) is 26.1 Å². The van der Waals surface area contributed by atoms with Crippen LogP contribution in [-0.4, -0.2) is 22.9 Å². The molecule has 0 saturated heterocycles. The Labute approximate surface area is 182 Å². The van der Waals surface area contributed by atoms with Gasteiger partial charge in [0.2, 0.25) is 11.9 Å². The molecule has 0 radical (unpaired) electrons. The molecule has 10 heteroatoms. The van der Waals surface area contributed by atoms with Gasteiger partial charge in [0.05, 0.1) is 6.42 Å². The van der Waals surface area contributed by atoms with Crippen LogP contribution in [0.15, 0.2) is 42.6 Å². The molecule has 1 aliphatic rings. The Bertz CT molecular complexity index is 1180. The highest BCUT2D eigenvalue weighted by atomic mass is 19.4. The molecule has 2 heterocycles. The molecule has 2 aromatic carbocycles. The van der Waals surface area contributed by atoms with Crippen molar-refractivity contribution in [3.05, 3.63) is 70.2 Å². The largest absolute Gasteiger partial charge is 0.687 e. The second kappa shape index (κ2) is 8.37. The van der Waals surface area contributed by atoms with Crippen LogP contribution in [0, 0.1) is 6.92 Å². The molecule has 166 valence electrons. The number of amides is 1. The molecule has 3 aromatic rings. The quantitative estimate of drug-likeness (QED) is 0.483. The van der Waals surface area contributed by atoms with Gasteiger partial charge in [0.25, 0.3) is 0 Å². The molecule has 0 atom stereocenters. The van der Waals surface area contributed by atoms with Crippen LogP contribution in [0.2, 0.25) is 0 Å². The first-order valence-corrected chi connectivity index (χ1v) is 9.80. The lowest BCUT2D eigenvalue weighted by Gasteiger charge is -2.21. The van der Waals surface area contributed by atoms with Crippen molar-refractivity contribution in [3.63, 3.8) is 0 Å². The van der Waals surface area contributed by atoms with Crippen LogP contribution in [0.4, 0.5) is 42.0 Å². The van der Waals surface area contributed by atoms with Gasteiger partial charge in [0.15, 0.2) is 0 Å². The van der Waals surface area contributed by atoms with Crippen LogP contribution in [0.3, 0.4) is 0 Å². The number of hydrogen-bond acceptors (Lipinski definition) is 5. The van der Waals surface area contributed by atoms with E-state index in [-0.39, 0.29) is 30.6 Å². The van der Waals surface area contributed by atoms with Crippen molar-refractivity contribution in [2.75, 3.05) is 23.0 Å². The molecule has 0 saturated carbocycles. The van der Waals surface area contributed by atoms with Gasteiger partial charge < -0.3 is 21.3 Å². The third kappa shape index (κ3) is 4.58. The summed E-state index contributed by atoms with van der Waals surface area (Å²) in [5.74, 6) is -0.443. The summed E-state index contributed by atoms with van der Waals surface area (Å²) in [4.78, 5) is 19.4. The Balaban J connectivity index is 1.59. The lowest BCUT2D eigenvalue weighted by atomic mass is 10.1. The number of hydrogen-bond donors (Lipinski definition) is 3. The number of rotatable bonds is 6. The Morgan fingerprint density at radius 2 is 2.00 bits per heavy atom. The molecular formula is C22H20F3N6O-. The van der Waals surface area contributed by atoms with E-state index in [1.54, 1.807) is 25.2 Å². The Morgan fingerprint density at radius 3 is 2.75 bits per heavy atom. The molecule has 0 unspecified atom stereocenters. The first kappa shape index (κ1) is 21.4. The molecule has 0 bridgehead atoms. The van der Waals surface area contributed by atoms with Crippen molar-refractivity contribution in [1.29, 1.82) is 0 Å². The highest BCUT2D eigenvalue weighted by Gasteiger charge is 2.35. The van der Waals surface area contributed by atoms with Crippen LogP contribution in [0.25, 0.3) is 5.32 Å². The molecule has 1 amide bonds. The molecule has 32 heavy (non-hydrogen) atoms. The molecule has 7 nitrogen and oxygen atoms in total. The molecule has 0 fully saturated rings. The first-order chi connectivity index (χ1) is 15.2. The number of carbonyl (C=O) groups is 1. The Hall–Kier alpha value is -3.82. The molecule has 3 N–H and O–H groups in total. The van der Waals surface area contributed by atoms with Crippen molar-refractivity contribution < 1.29 is 18.0 Å². The maximum Gasteiger partial charge on any atom is 0.421 e. The smallest absolute Gasteiger partial charge is 0.421 e. The fourth-order valence-corrected chi connectivity index (χ4v) is 3.43. The predicted octanol–water partition coefficient (Wildman–Crippen LogP) is 5.29. The number of fused-ring (bicyclic) bond motifs is 1. The van der Waals surface area contributed by atoms with Crippen LogP contribution in [0.5, 0.6) is 0 Å². The highest BCUT2D eigenvalue weighted by Crippen LogP contribution is 2.35. The molecular weight excluding hydrogens is 421 g/mol. The normalized spacial score (nSPS) is 12.8. The van der Waals surface area contributed by atoms with Gasteiger partial charge in [-0.2, -0.15) is 18.2 Å². The van der Waals surface area contributed by atoms with Gasteiger partial charge >= 0.3 is 6.18 Å². The van der Waals surface area contributed by atoms with Crippen LogP contribution in [0.1, 0.15) is 22.3 Å². The van der Waals surface area contributed by atoms with Crippen molar-refractivity contribution in [2.24, 2.45) is 0 Å². The minimum atomic E-state index is -4.62. The zero-order valence-electron chi connectivity index (χ0n) is 17.3. The van der Waals surface area contributed by atoms with Crippen molar-refractivity contribution in [3.8, 4) is 0 Å². The van der Waals surface area contributed by atoms with Gasteiger partial charge in [0, 0.05) is 24.1 Å². The van der Waals surface area contributed by atoms with E-state index in [2.05, 4.69) is 31.2 Å². The summed E-state index contributed by atoms with van der Waals surface area (Å²) in [6.07, 6.45) is -3.63. The fraction of sp³-hybridized carbons (Fsp3) is 0.227. The predicted molar refractivity (Wildman–Crippen MR) is 117 cm³/mol. The van der Waals surface area contributed by atoms with E-state index in [9.17, 15) is 18.0 Å². The van der Waals surface area contributed by atoms with Gasteiger partial charge in [-0.05, 0) is 36.2 Å². The standard InChI is InChI=1S/C22H20F3N6O/c1-12-3-4-13(18(7-12)26-2)10-27-20-16(22(23,24)25)11-28-21(31-20)29-15-5-6-17-14(8-15)9-19(32)30-17/h3-8,11H,9-10H2,1-2H3,(H,30,32)(H2,27,28,29,31)/q-1. The first-order valence-electron chi connectivity index (χ1n) is 9.80. The summed E-state index contributed by atoms with van der Waals surface area (Å²) in [7, 11) is 1.63. The average Bonchev–Trinajstić information content (AvgIpc) is 3.11. The second-order valence-corrected chi connectivity index (χ2v) is 7.38. The van der Waals surface area contributed by atoms with Gasteiger partial charge in [-0.25, -0.2) is 4.98 Å². The minimum Gasteiger partial charge on any atom is -0.687 e. The lowest BCUT2D eigenvalue weighted by Crippen LogP contribution is -2.14. The molecule has 4 rings (SSSR count). The van der Waals surface area contributed by atoms with Crippen molar-refractivity contribution >= 4 is 34.7 Å². The summed E-state index contributed by atoms with van der Waals surface area (Å²) >= 11 is 0. The zero-order valence-corrected chi connectivity index (χ0v) is 17.3. The lowest BCUT2D eigenvalue weighted by molar-refractivity contribution is -0.137. The molecule has 1 aromatic heterocycles.